The standard InChI is InChI=1S/C12H18N2O/c1-9-4-2-3-5-10(9)14-11(15)12(8-13)6-7-12/h9-10H,2-7H2,1H3,(H,14,15). The molecule has 0 aromatic heterocycles. The molecule has 2 aliphatic rings. The molecule has 2 saturated carbocycles. The van der Waals surface area contributed by atoms with Crippen LogP contribution in [-0.4, -0.2) is 11.9 Å². The molecular formula is C12H18N2O. The van der Waals surface area contributed by atoms with Crippen LogP contribution in [-0.2, 0) is 4.79 Å². The summed E-state index contributed by atoms with van der Waals surface area (Å²) < 4.78 is 0. The van der Waals surface area contributed by atoms with Gasteiger partial charge in [0.25, 0.3) is 0 Å². The number of amides is 1. The van der Waals surface area contributed by atoms with Gasteiger partial charge in [0.1, 0.15) is 5.41 Å². The van der Waals surface area contributed by atoms with E-state index in [1.807, 2.05) is 0 Å². The molecule has 0 radical (unpaired) electrons. The second kappa shape index (κ2) is 3.84. The fourth-order valence-corrected chi connectivity index (χ4v) is 2.35. The molecule has 2 rings (SSSR count). The van der Waals surface area contributed by atoms with Crippen LogP contribution in [0.5, 0.6) is 0 Å². The first-order valence-electron chi connectivity index (χ1n) is 5.90. The maximum Gasteiger partial charge on any atom is 0.240 e. The Hall–Kier alpha value is -1.04. The van der Waals surface area contributed by atoms with Crippen molar-refractivity contribution < 1.29 is 4.79 Å². The SMILES string of the molecule is CC1CCCCC1NC(=O)C1(C#N)CC1. The topological polar surface area (TPSA) is 52.9 Å². The summed E-state index contributed by atoms with van der Waals surface area (Å²) in [7, 11) is 0. The van der Waals surface area contributed by atoms with Crippen molar-refractivity contribution in [2.75, 3.05) is 0 Å². The predicted octanol–water partition coefficient (Wildman–Crippen LogP) is 1.99. The van der Waals surface area contributed by atoms with Crippen molar-refractivity contribution in [2.24, 2.45) is 11.3 Å². The molecule has 1 N–H and O–H groups in total. The Labute approximate surface area is 90.8 Å². The number of hydrogen-bond donors (Lipinski definition) is 1. The van der Waals surface area contributed by atoms with E-state index >= 15 is 0 Å². The van der Waals surface area contributed by atoms with Crippen LogP contribution in [0.1, 0.15) is 45.4 Å². The van der Waals surface area contributed by atoms with E-state index < -0.39 is 5.41 Å². The van der Waals surface area contributed by atoms with Crippen molar-refractivity contribution in [3.05, 3.63) is 0 Å². The van der Waals surface area contributed by atoms with Gasteiger partial charge in [-0.1, -0.05) is 19.8 Å². The Balaban J connectivity index is 1.91. The summed E-state index contributed by atoms with van der Waals surface area (Å²) in [4.78, 5) is 11.8. The third-order valence-electron chi connectivity index (χ3n) is 3.83. The molecule has 3 heteroatoms. The van der Waals surface area contributed by atoms with Crippen LogP contribution in [0.4, 0.5) is 0 Å². The maximum absolute atomic E-state index is 11.8. The number of nitrogens with zero attached hydrogens (tertiary/aromatic N) is 1. The Morgan fingerprint density at radius 3 is 2.60 bits per heavy atom. The lowest BCUT2D eigenvalue weighted by Gasteiger charge is -2.30. The van der Waals surface area contributed by atoms with Crippen molar-refractivity contribution in [3.8, 4) is 6.07 Å². The molecule has 2 aliphatic carbocycles. The average Bonchev–Trinajstić information content (AvgIpc) is 3.02. The quantitative estimate of drug-likeness (QED) is 0.751. The zero-order valence-corrected chi connectivity index (χ0v) is 9.25. The minimum atomic E-state index is -0.656. The van der Waals surface area contributed by atoms with Crippen LogP contribution >= 0.6 is 0 Å². The molecule has 3 nitrogen and oxygen atoms in total. The third-order valence-corrected chi connectivity index (χ3v) is 3.83. The highest BCUT2D eigenvalue weighted by atomic mass is 16.2. The highest BCUT2D eigenvalue weighted by Gasteiger charge is 2.51. The first-order valence-corrected chi connectivity index (χ1v) is 5.90. The average molecular weight is 206 g/mol. The lowest BCUT2D eigenvalue weighted by molar-refractivity contribution is -0.125. The minimum Gasteiger partial charge on any atom is -0.352 e. The molecule has 2 fully saturated rings. The summed E-state index contributed by atoms with van der Waals surface area (Å²) in [5, 5.41) is 12.0. The molecule has 1 amide bonds. The van der Waals surface area contributed by atoms with E-state index in [2.05, 4.69) is 18.3 Å². The number of nitriles is 1. The van der Waals surface area contributed by atoms with Crippen LogP contribution in [0.2, 0.25) is 0 Å². The molecule has 0 aromatic rings. The molecule has 15 heavy (non-hydrogen) atoms. The van der Waals surface area contributed by atoms with E-state index in [1.54, 1.807) is 0 Å². The fourth-order valence-electron chi connectivity index (χ4n) is 2.35. The third kappa shape index (κ3) is 1.99. The van der Waals surface area contributed by atoms with Crippen LogP contribution in [0.25, 0.3) is 0 Å². The summed E-state index contributed by atoms with van der Waals surface area (Å²) in [6, 6.07) is 2.45. The first-order chi connectivity index (χ1) is 7.18. The number of carbonyl (C=O) groups is 1. The van der Waals surface area contributed by atoms with E-state index in [0.29, 0.717) is 12.0 Å². The van der Waals surface area contributed by atoms with E-state index in [4.69, 9.17) is 5.26 Å². The zero-order valence-electron chi connectivity index (χ0n) is 9.25. The highest BCUT2D eigenvalue weighted by Crippen LogP contribution is 2.45. The monoisotopic (exact) mass is 206 g/mol. The van der Waals surface area contributed by atoms with Crippen LogP contribution in [0.3, 0.4) is 0 Å². The van der Waals surface area contributed by atoms with E-state index in [9.17, 15) is 4.79 Å². The summed E-state index contributed by atoms with van der Waals surface area (Å²) in [6.45, 7) is 2.19. The zero-order chi connectivity index (χ0) is 10.9. The molecule has 0 bridgehead atoms. The summed E-state index contributed by atoms with van der Waals surface area (Å²) in [6.07, 6.45) is 6.25. The van der Waals surface area contributed by atoms with Gasteiger partial charge >= 0.3 is 0 Å². The largest absolute Gasteiger partial charge is 0.352 e. The second-order valence-corrected chi connectivity index (χ2v) is 5.04. The smallest absolute Gasteiger partial charge is 0.240 e. The molecule has 0 aliphatic heterocycles. The Bertz CT molecular complexity index is 301. The van der Waals surface area contributed by atoms with Crippen molar-refractivity contribution >= 4 is 5.91 Å². The van der Waals surface area contributed by atoms with E-state index in [0.717, 1.165) is 19.3 Å². The molecule has 2 atom stereocenters. The van der Waals surface area contributed by atoms with Gasteiger partial charge in [-0.05, 0) is 31.6 Å². The van der Waals surface area contributed by atoms with Gasteiger partial charge in [0.05, 0.1) is 6.07 Å². The van der Waals surface area contributed by atoms with Gasteiger partial charge < -0.3 is 5.32 Å². The fraction of sp³-hybridized carbons (Fsp3) is 0.833. The number of nitrogens with one attached hydrogen (secondary N) is 1. The van der Waals surface area contributed by atoms with Crippen LogP contribution < -0.4 is 5.32 Å². The van der Waals surface area contributed by atoms with Gasteiger partial charge in [0, 0.05) is 6.04 Å². The summed E-state index contributed by atoms with van der Waals surface area (Å²) in [5.74, 6) is 0.543. The van der Waals surface area contributed by atoms with Gasteiger partial charge in [-0.2, -0.15) is 5.26 Å². The number of rotatable bonds is 2. The lowest BCUT2D eigenvalue weighted by Crippen LogP contribution is -2.44. The molecule has 2 unspecified atom stereocenters. The van der Waals surface area contributed by atoms with Gasteiger partial charge in [-0.25, -0.2) is 0 Å². The van der Waals surface area contributed by atoms with Crippen LogP contribution in [0.15, 0.2) is 0 Å². The minimum absolute atomic E-state index is 0.0243. The van der Waals surface area contributed by atoms with E-state index in [-0.39, 0.29) is 5.91 Å². The molecule has 0 aromatic carbocycles. The predicted molar refractivity (Wildman–Crippen MR) is 56.8 cm³/mol. The first kappa shape index (κ1) is 10.5. The van der Waals surface area contributed by atoms with Gasteiger partial charge in [-0.15, -0.1) is 0 Å². The number of hydrogen-bond acceptors (Lipinski definition) is 2. The van der Waals surface area contributed by atoms with Gasteiger partial charge in [-0.3, -0.25) is 4.79 Å². The normalized spacial score (nSPS) is 32.8. The molecule has 0 heterocycles. The van der Waals surface area contributed by atoms with Crippen molar-refractivity contribution in [1.82, 2.24) is 5.32 Å². The lowest BCUT2D eigenvalue weighted by atomic mass is 9.85. The maximum atomic E-state index is 11.8. The van der Waals surface area contributed by atoms with Crippen molar-refractivity contribution in [3.63, 3.8) is 0 Å². The summed E-state index contributed by atoms with van der Waals surface area (Å²) in [5.41, 5.74) is -0.656. The molecule has 0 saturated heterocycles. The molecule has 82 valence electrons. The van der Waals surface area contributed by atoms with Gasteiger partial charge in [0.2, 0.25) is 5.91 Å². The Morgan fingerprint density at radius 2 is 2.07 bits per heavy atom. The van der Waals surface area contributed by atoms with E-state index in [1.165, 1.54) is 19.3 Å². The van der Waals surface area contributed by atoms with Crippen LogP contribution in [0, 0.1) is 22.7 Å². The van der Waals surface area contributed by atoms with Crippen molar-refractivity contribution in [1.29, 1.82) is 5.26 Å². The highest BCUT2D eigenvalue weighted by molar-refractivity contribution is 5.88. The van der Waals surface area contributed by atoms with Crippen molar-refractivity contribution in [2.45, 2.75) is 51.5 Å². The Kier molecular flexibility index (Phi) is 2.68. The second-order valence-electron chi connectivity index (χ2n) is 5.04. The van der Waals surface area contributed by atoms with Gasteiger partial charge in [0.15, 0.2) is 0 Å². The number of carbonyl (C=O) groups excluding carboxylic acids is 1. The molecular weight excluding hydrogens is 188 g/mol. The summed E-state index contributed by atoms with van der Waals surface area (Å²) >= 11 is 0. The Morgan fingerprint density at radius 1 is 1.40 bits per heavy atom. The molecule has 0 spiro atoms.